The van der Waals surface area contributed by atoms with Crippen molar-refractivity contribution in [2.75, 3.05) is 6.54 Å². The molecule has 52 valence electrons. The van der Waals surface area contributed by atoms with Crippen LogP contribution in [0.5, 0.6) is 0 Å². The lowest BCUT2D eigenvalue weighted by molar-refractivity contribution is 1.14. The number of nitrogens with one attached hydrogen (secondary N) is 1. The van der Waals surface area contributed by atoms with Crippen LogP contribution in [0, 0.1) is 12.3 Å². The van der Waals surface area contributed by atoms with Gasteiger partial charge in [0.15, 0.2) is 4.34 Å². The zero-order valence-electron chi connectivity index (χ0n) is 5.20. The second-order valence-electron chi connectivity index (χ2n) is 1.43. The highest BCUT2D eigenvalue weighted by Gasteiger charge is 1.92. The van der Waals surface area contributed by atoms with Crippen molar-refractivity contribution in [1.29, 1.82) is 0 Å². The zero-order valence-corrected chi connectivity index (χ0v) is 6.84. The van der Waals surface area contributed by atoms with Crippen LogP contribution >= 0.6 is 23.3 Å². The Morgan fingerprint density at radius 2 is 2.80 bits per heavy atom. The first-order valence-corrected chi connectivity index (χ1v) is 4.36. The van der Waals surface area contributed by atoms with Gasteiger partial charge in [0.1, 0.15) is 0 Å². The molecule has 10 heavy (non-hydrogen) atoms. The van der Waals surface area contributed by atoms with Crippen molar-refractivity contribution in [2.45, 2.75) is 4.34 Å². The Morgan fingerprint density at radius 3 is 3.40 bits per heavy atom. The quantitative estimate of drug-likeness (QED) is 0.421. The normalized spacial score (nSPS) is 9.10. The standard InChI is InChI=1S/C6H6N2S2/c1-2-3-8-10-6-7-4-5-9-6/h1,4-5,8H,3H2. The SMILES string of the molecule is C#CCNSc1nccs1. The van der Waals surface area contributed by atoms with Crippen molar-refractivity contribution >= 4 is 23.3 Å². The van der Waals surface area contributed by atoms with Crippen LogP contribution in [0.25, 0.3) is 0 Å². The van der Waals surface area contributed by atoms with E-state index in [1.165, 1.54) is 11.9 Å². The lowest BCUT2D eigenvalue weighted by atomic mass is 10.7. The van der Waals surface area contributed by atoms with Crippen LogP contribution in [-0.2, 0) is 0 Å². The maximum absolute atomic E-state index is 5.03. The summed E-state index contributed by atoms with van der Waals surface area (Å²) in [5.41, 5.74) is 0. The van der Waals surface area contributed by atoms with Gasteiger partial charge in [0.2, 0.25) is 0 Å². The fourth-order valence-electron chi connectivity index (χ4n) is 0.400. The molecule has 0 aliphatic carbocycles. The van der Waals surface area contributed by atoms with E-state index in [0.717, 1.165) is 4.34 Å². The molecule has 1 N–H and O–H groups in total. The molecule has 2 nitrogen and oxygen atoms in total. The third-order valence-corrected chi connectivity index (χ3v) is 2.42. The smallest absolute Gasteiger partial charge is 0.164 e. The molecular formula is C6H6N2S2. The van der Waals surface area contributed by atoms with Gasteiger partial charge in [-0.3, -0.25) is 0 Å². The summed E-state index contributed by atoms with van der Waals surface area (Å²) in [5, 5.41) is 1.93. The van der Waals surface area contributed by atoms with Crippen LogP contribution in [0.2, 0.25) is 0 Å². The molecule has 0 saturated carbocycles. The highest BCUT2D eigenvalue weighted by Crippen LogP contribution is 2.15. The fourth-order valence-corrected chi connectivity index (χ4v) is 1.69. The minimum atomic E-state index is 0.574. The number of hydrogen-bond donors (Lipinski definition) is 1. The lowest BCUT2D eigenvalue weighted by Crippen LogP contribution is -2.01. The van der Waals surface area contributed by atoms with Gasteiger partial charge in [-0.25, -0.2) is 9.71 Å². The number of nitrogens with zero attached hydrogens (tertiary/aromatic N) is 1. The van der Waals surface area contributed by atoms with Gasteiger partial charge in [0, 0.05) is 11.6 Å². The first-order chi connectivity index (χ1) is 4.93. The van der Waals surface area contributed by atoms with Crippen molar-refractivity contribution in [1.82, 2.24) is 9.71 Å². The zero-order chi connectivity index (χ0) is 7.23. The number of rotatable bonds is 3. The van der Waals surface area contributed by atoms with Crippen molar-refractivity contribution in [3.8, 4) is 12.3 Å². The van der Waals surface area contributed by atoms with Crippen molar-refractivity contribution < 1.29 is 0 Å². The summed E-state index contributed by atoms with van der Waals surface area (Å²) >= 11 is 3.06. The Morgan fingerprint density at radius 1 is 1.90 bits per heavy atom. The van der Waals surface area contributed by atoms with E-state index in [9.17, 15) is 0 Å². The van der Waals surface area contributed by atoms with Gasteiger partial charge in [-0.05, 0) is 11.9 Å². The van der Waals surface area contributed by atoms with E-state index < -0.39 is 0 Å². The molecule has 1 rings (SSSR count). The van der Waals surface area contributed by atoms with E-state index in [1.54, 1.807) is 17.5 Å². The monoisotopic (exact) mass is 170 g/mol. The predicted octanol–water partition coefficient (Wildman–Crippen LogP) is 1.37. The molecule has 1 aromatic heterocycles. The molecule has 0 amide bonds. The third-order valence-electron chi connectivity index (χ3n) is 0.743. The molecular weight excluding hydrogens is 164 g/mol. The summed E-state index contributed by atoms with van der Waals surface area (Å²) in [6, 6.07) is 0. The molecule has 0 spiro atoms. The summed E-state index contributed by atoms with van der Waals surface area (Å²) < 4.78 is 3.96. The number of terminal acetylenes is 1. The van der Waals surface area contributed by atoms with E-state index in [1.807, 2.05) is 5.38 Å². The van der Waals surface area contributed by atoms with Crippen molar-refractivity contribution in [3.63, 3.8) is 0 Å². The molecule has 0 bridgehead atoms. The third kappa shape index (κ3) is 2.40. The number of thiazole rings is 1. The Kier molecular flexibility index (Phi) is 3.30. The summed E-state index contributed by atoms with van der Waals surface area (Å²) in [6.45, 7) is 0.574. The Balaban J connectivity index is 2.23. The summed E-state index contributed by atoms with van der Waals surface area (Å²) in [6.07, 6.45) is 6.79. The van der Waals surface area contributed by atoms with Crippen molar-refractivity contribution in [3.05, 3.63) is 11.6 Å². The van der Waals surface area contributed by atoms with Crippen LogP contribution in [0.4, 0.5) is 0 Å². The van der Waals surface area contributed by atoms with Crippen LogP contribution < -0.4 is 4.72 Å². The lowest BCUT2D eigenvalue weighted by Gasteiger charge is -1.91. The average Bonchev–Trinajstić information content (AvgIpc) is 2.41. The van der Waals surface area contributed by atoms with E-state index in [4.69, 9.17) is 6.42 Å². The van der Waals surface area contributed by atoms with E-state index in [0.29, 0.717) is 6.54 Å². The van der Waals surface area contributed by atoms with Gasteiger partial charge in [0.05, 0.1) is 6.54 Å². The number of hydrogen-bond acceptors (Lipinski definition) is 4. The van der Waals surface area contributed by atoms with Gasteiger partial charge < -0.3 is 0 Å². The molecule has 0 saturated heterocycles. The second-order valence-corrected chi connectivity index (χ2v) is 3.46. The molecule has 0 unspecified atom stereocenters. The second kappa shape index (κ2) is 4.34. The highest BCUT2D eigenvalue weighted by molar-refractivity contribution is 7.99. The molecule has 0 aromatic carbocycles. The molecule has 0 aliphatic rings. The minimum absolute atomic E-state index is 0.574. The molecule has 4 heteroatoms. The number of aromatic nitrogens is 1. The van der Waals surface area contributed by atoms with E-state index in [-0.39, 0.29) is 0 Å². The highest BCUT2D eigenvalue weighted by atomic mass is 32.2. The summed E-state index contributed by atoms with van der Waals surface area (Å²) in [5.74, 6) is 2.48. The maximum atomic E-state index is 5.03. The van der Waals surface area contributed by atoms with Gasteiger partial charge in [-0.15, -0.1) is 17.8 Å². The predicted molar refractivity (Wildman–Crippen MR) is 44.8 cm³/mol. The van der Waals surface area contributed by atoms with Gasteiger partial charge in [0.25, 0.3) is 0 Å². The molecule has 1 heterocycles. The maximum Gasteiger partial charge on any atom is 0.164 e. The largest absolute Gasteiger partial charge is 0.246 e. The summed E-state index contributed by atoms with van der Waals surface area (Å²) in [4.78, 5) is 4.04. The van der Waals surface area contributed by atoms with Crippen LogP contribution in [0.15, 0.2) is 15.9 Å². The first-order valence-electron chi connectivity index (χ1n) is 2.66. The summed E-state index contributed by atoms with van der Waals surface area (Å²) in [7, 11) is 0. The van der Waals surface area contributed by atoms with Crippen LogP contribution in [-0.4, -0.2) is 11.5 Å². The topological polar surface area (TPSA) is 24.9 Å². The average molecular weight is 170 g/mol. The van der Waals surface area contributed by atoms with Gasteiger partial charge in [-0.1, -0.05) is 5.92 Å². The Bertz CT molecular complexity index is 212. The molecule has 0 atom stereocenters. The van der Waals surface area contributed by atoms with Gasteiger partial charge in [-0.2, -0.15) is 0 Å². The molecule has 1 aromatic rings. The Labute approximate surface area is 68.2 Å². The minimum Gasteiger partial charge on any atom is -0.246 e. The van der Waals surface area contributed by atoms with Crippen molar-refractivity contribution in [2.24, 2.45) is 0 Å². The fraction of sp³-hybridized carbons (Fsp3) is 0.167. The molecule has 0 fully saturated rings. The molecule has 0 radical (unpaired) electrons. The van der Waals surface area contributed by atoms with E-state index >= 15 is 0 Å². The van der Waals surface area contributed by atoms with E-state index in [2.05, 4.69) is 15.6 Å². The first kappa shape index (κ1) is 7.61. The Hall–Kier alpha value is -0.500. The van der Waals surface area contributed by atoms with Crippen LogP contribution in [0.3, 0.4) is 0 Å². The van der Waals surface area contributed by atoms with Gasteiger partial charge >= 0.3 is 0 Å². The molecule has 0 aliphatic heterocycles. The van der Waals surface area contributed by atoms with Crippen LogP contribution in [0.1, 0.15) is 0 Å².